The predicted molar refractivity (Wildman–Crippen MR) is 81.7 cm³/mol. The summed E-state index contributed by atoms with van der Waals surface area (Å²) in [7, 11) is 1.72. The molecule has 0 aliphatic heterocycles. The van der Waals surface area contributed by atoms with Crippen molar-refractivity contribution in [2.24, 2.45) is 5.92 Å². The number of amides is 1. The van der Waals surface area contributed by atoms with E-state index >= 15 is 0 Å². The van der Waals surface area contributed by atoms with Crippen LogP contribution in [0, 0.1) is 5.92 Å². The second-order valence-corrected chi connectivity index (χ2v) is 5.42. The molecule has 0 bridgehead atoms. The van der Waals surface area contributed by atoms with Crippen LogP contribution in [-0.4, -0.2) is 42.1 Å². The predicted octanol–water partition coefficient (Wildman–Crippen LogP) is 1.55. The van der Waals surface area contributed by atoms with Crippen molar-refractivity contribution in [2.75, 3.05) is 25.0 Å². The van der Waals surface area contributed by atoms with E-state index in [1.165, 1.54) is 6.07 Å². The molecule has 1 aromatic rings. The third kappa shape index (κ3) is 5.41. The first-order chi connectivity index (χ1) is 9.83. The number of pyridine rings is 1. The summed E-state index contributed by atoms with van der Waals surface area (Å²) >= 11 is 0. The average Bonchev–Trinajstić information content (AvgIpc) is 2.44. The maximum absolute atomic E-state index is 11.8. The molecule has 21 heavy (non-hydrogen) atoms. The van der Waals surface area contributed by atoms with Gasteiger partial charge in [0.05, 0.1) is 12.1 Å². The van der Waals surface area contributed by atoms with Crippen LogP contribution in [-0.2, 0) is 11.2 Å². The topological polar surface area (TPSA) is 82.5 Å². The Hall–Kier alpha value is -2.11. The zero-order valence-electron chi connectivity index (χ0n) is 13.0. The first-order valence-electron chi connectivity index (χ1n) is 7.05. The van der Waals surface area contributed by atoms with E-state index in [1.807, 2.05) is 20.8 Å². The number of aromatic carboxylic acids is 1. The van der Waals surface area contributed by atoms with Gasteiger partial charge in [0.15, 0.2) is 0 Å². The molecule has 0 atom stereocenters. The fourth-order valence-corrected chi connectivity index (χ4v) is 1.74. The summed E-state index contributed by atoms with van der Waals surface area (Å²) in [5, 5.41) is 11.9. The van der Waals surface area contributed by atoms with Crippen LogP contribution in [0.4, 0.5) is 5.82 Å². The lowest BCUT2D eigenvalue weighted by Gasteiger charge is -2.19. The fourth-order valence-electron chi connectivity index (χ4n) is 1.74. The summed E-state index contributed by atoms with van der Waals surface area (Å²) in [5.41, 5.74) is 0.880. The number of carbonyl (C=O) groups excluding carboxylic acids is 1. The molecule has 0 fully saturated rings. The van der Waals surface area contributed by atoms with Crippen molar-refractivity contribution in [3.63, 3.8) is 0 Å². The van der Waals surface area contributed by atoms with Gasteiger partial charge in [-0.05, 0) is 24.5 Å². The number of hydrogen-bond donors (Lipinski definition) is 2. The van der Waals surface area contributed by atoms with Gasteiger partial charge >= 0.3 is 5.97 Å². The standard InChI is InChI=1S/C15H23N3O3/c1-5-12-6-11(15(20)21)7-13(17-12)18(4)9-14(19)16-8-10(2)3/h6-7,10H,5,8-9H2,1-4H3,(H,16,19)(H,20,21). The van der Waals surface area contributed by atoms with Gasteiger partial charge < -0.3 is 15.3 Å². The maximum atomic E-state index is 11.8. The average molecular weight is 293 g/mol. The molecule has 0 unspecified atom stereocenters. The summed E-state index contributed by atoms with van der Waals surface area (Å²) in [6.45, 7) is 6.72. The number of anilines is 1. The highest BCUT2D eigenvalue weighted by Gasteiger charge is 2.13. The molecule has 116 valence electrons. The molecular formula is C15H23N3O3. The minimum atomic E-state index is -0.994. The number of nitrogens with zero attached hydrogens (tertiary/aromatic N) is 2. The molecular weight excluding hydrogens is 270 g/mol. The second-order valence-electron chi connectivity index (χ2n) is 5.42. The Morgan fingerprint density at radius 3 is 2.57 bits per heavy atom. The third-order valence-electron chi connectivity index (χ3n) is 2.95. The quantitative estimate of drug-likeness (QED) is 0.797. The van der Waals surface area contributed by atoms with Crippen molar-refractivity contribution >= 4 is 17.7 Å². The molecule has 2 N–H and O–H groups in total. The van der Waals surface area contributed by atoms with E-state index in [0.29, 0.717) is 30.4 Å². The lowest BCUT2D eigenvalue weighted by atomic mass is 10.2. The summed E-state index contributed by atoms with van der Waals surface area (Å²) in [4.78, 5) is 28.9. The summed E-state index contributed by atoms with van der Waals surface area (Å²) in [6.07, 6.45) is 0.640. The van der Waals surface area contributed by atoms with Crippen LogP contribution >= 0.6 is 0 Å². The van der Waals surface area contributed by atoms with Gasteiger partial charge in [0.2, 0.25) is 5.91 Å². The molecule has 0 saturated carbocycles. The van der Waals surface area contributed by atoms with Crippen molar-refractivity contribution in [1.82, 2.24) is 10.3 Å². The number of aromatic nitrogens is 1. The minimum Gasteiger partial charge on any atom is -0.478 e. The van der Waals surface area contributed by atoms with Crippen molar-refractivity contribution in [1.29, 1.82) is 0 Å². The van der Waals surface area contributed by atoms with Gasteiger partial charge in [-0.15, -0.1) is 0 Å². The number of carbonyl (C=O) groups is 2. The Balaban J connectivity index is 2.81. The normalized spacial score (nSPS) is 10.5. The van der Waals surface area contributed by atoms with Crippen LogP contribution in [0.3, 0.4) is 0 Å². The van der Waals surface area contributed by atoms with Crippen LogP contribution in [0.5, 0.6) is 0 Å². The van der Waals surface area contributed by atoms with E-state index in [0.717, 1.165) is 0 Å². The molecule has 1 rings (SSSR count). The minimum absolute atomic E-state index is 0.105. The number of hydrogen-bond acceptors (Lipinski definition) is 4. The van der Waals surface area contributed by atoms with Gasteiger partial charge in [0.1, 0.15) is 5.82 Å². The molecule has 0 saturated heterocycles. The molecule has 0 spiro atoms. The molecule has 0 aliphatic rings. The van der Waals surface area contributed by atoms with E-state index in [-0.39, 0.29) is 18.0 Å². The summed E-state index contributed by atoms with van der Waals surface area (Å²) in [5.74, 6) is -0.219. The van der Waals surface area contributed by atoms with Gasteiger partial charge in [0, 0.05) is 19.3 Å². The first-order valence-corrected chi connectivity index (χ1v) is 7.05. The van der Waals surface area contributed by atoms with Gasteiger partial charge in [0.25, 0.3) is 0 Å². The van der Waals surface area contributed by atoms with Crippen LogP contribution in [0.1, 0.15) is 36.8 Å². The Morgan fingerprint density at radius 2 is 2.05 bits per heavy atom. The molecule has 0 aromatic carbocycles. The van der Waals surface area contributed by atoms with Gasteiger partial charge in [-0.2, -0.15) is 0 Å². The van der Waals surface area contributed by atoms with Crippen molar-refractivity contribution in [2.45, 2.75) is 27.2 Å². The number of aryl methyl sites for hydroxylation is 1. The van der Waals surface area contributed by atoms with Crippen LogP contribution in [0.15, 0.2) is 12.1 Å². The molecule has 1 amide bonds. The monoisotopic (exact) mass is 293 g/mol. The smallest absolute Gasteiger partial charge is 0.335 e. The van der Waals surface area contributed by atoms with Gasteiger partial charge in [-0.3, -0.25) is 4.79 Å². The lowest BCUT2D eigenvalue weighted by Crippen LogP contribution is -2.37. The number of carboxylic acid groups (broad SMARTS) is 1. The lowest BCUT2D eigenvalue weighted by molar-refractivity contribution is -0.119. The molecule has 0 radical (unpaired) electrons. The molecule has 6 nitrogen and oxygen atoms in total. The molecule has 6 heteroatoms. The molecule has 0 aliphatic carbocycles. The van der Waals surface area contributed by atoms with Gasteiger partial charge in [-0.25, -0.2) is 9.78 Å². The Kier molecular flexibility index (Phi) is 6.14. The van der Waals surface area contributed by atoms with Gasteiger partial charge in [-0.1, -0.05) is 20.8 Å². The van der Waals surface area contributed by atoms with Crippen molar-refractivity contribution in [3.05, 3.63) is 23.4 Å². The highest BCUT2D eigenvalue weighted by Crippen LogP contribution is 2.14. The SMILES string of the molecule is CCc1cc(C(=O)O)cc(N(C)CC(=O)NCC(C)C)n1. The van der Waals surface area contributed by atoms with Crippen molar-refractivity contribution < 1.29 is 14.7 Å². The number of rotatable bonds is 7. The highest BCUT2D eigenvalue weighted by molar-refractivity contribution is 5.89. The number of likely N-dealkylation sites (N-methyl/N-ethyl adjacent to an activating group) is 1. The summed E-state index contributed by atoms with van der Waals surface area (Å²) in [6, 6.07) is 3.04. The van der Waals surface area contributed by atoms with Crippen LogP contribution in [0.2, 0.25) is 0 Å². The largest absolute Gasteiger partial charge is 0.478 e. The molecule has 1 heterocycles. The highest BCUT2D eigenvalue weighted by atomic mass is 16.4. The first kappa shape index (κ1) is 16.9. The zero-order valence-corrected chi connectivity index (χ0v) is 13.0. The van der Waals surface area contributed by atoms with Crippen molar-refractivity contribution in [3.8, 4) is 0 Å². The zero-order chi connectivity index (χ0) is 16.0. The molecule has 1 aromatic heterocycles. The van der Waals surface area contributed by atoms with E-state index in [4.69, 9.17) is 5.11 Å². The van der Waals surface area contributed by atoms with Crippen LogP contribution in [0.25, 0.3) is 0 Å². The Labute approximate surface area is 125 Å². The Morgan fingerprint density at radius 1 is 1.38 bits per heavy atom. The van der Waals surface area contributed by atoms with Crippen LogP contribution < -0.4 is 10.2 Å². The maximum Gasteiger partial charge on any atom is 0.335 e. The van der Waals surface area contributed by atoms with E-state index in [1.54, 1.807) is 18.0 Å². The number of carboxylic acids is 1. The van der Waals surface area contributed by atoms with E-state index < -0.39 is 5.97 Å². The Bertz CT molecular complexity index is 515. The number of nitrogens with one attached hydrogen (secondary N) is 1. The summed E-state index contributed by atoms with van der Waals surface area (Å²) < 4.78 is 0. The third-order valence-corrected chi connectivity index (χ3v) is 2.95. The second kappa shape index (κ2) is 7.61. The fraction of sp³-hybridized carbons (Fsp3) is 0.533. The van der Waals surface area contributed by atoms with E-state index in [2.05, 4.69) is 10.3 Å². The van der Waals surface area contributed by atoms with E-state index in [9.17, 15) is 9.59 Å².